The first-order chi connectivity index (χ1) is 9.16. The minimum atomic E-state index is -0.750. The molecule has 2 heterocycles. The molecule has 2 unspecified atom stereocenters. The fraction of sp³-hybridized carbons (Fsp3) is 0.500. The van der Waals surface area contributed by atoms with Gasteiger partial charge in [-0.25, -0.2) is 4.98 Å². The highest BCUT2D eigenvalue weighted by atomic mass is 16.4. The SMILES string of the molecule is Cc1nnc2c(NC3CCCC3C(=O)O)nccn12. The summed E-state index contributed by atoms with van der Waals surface area (Å²) in [5, 5.41) is 20.5. The van der Waals surface area contributed by atoms with E-state index in [2.05, 4.69) is 20.5 Å². The standard InChI is InChI=1S/C12H15N5O2/c1-7-15-16-11-10(13-5-6-17(7)11)14-9-4-2-3-8(9)12(18)19/h5-6,8-9H,2-4H2,1H3,(H,13,14)(H,18,19). The molecule has 0 spiro atoms. The Labute approximate surface area is 109 Å². The van der Waals surface area contributed by atoms with Crippen LogP contribution in [0.2, 0.25) is 0 Å². The topological polar surface area (TPSA) is 92.4 Å². The van der Waals surface area contributed by atoms with Crippen molar-refractivity contribution in [2.75, 3.05) is 5.32 Å². The van der Waals surface area contributed by atoms with Gasteiger partial charge in [-0.05, 0) is 19.8 Å². The Kier molecular flexibility index (Phi) is 2.81. The number of carbonyl (C=O) groups is 1. The number of fused-ring (bicyclic) bond motifs is 1. The number of aromatic nitrogens is 4. The predicted molar refractivity (Wildman–Crippen MR) is 67.9 cm³/mol. The Bertz CT molecular complexity index is 624. The third-order valence-corrected chi connectivity index (χ3v) is 3.65. The summed E-state index contributed by atoms with van der Waals surface area (Å²) in [5.41, 5.74) is 0.635. The van der Waals surface area contributed by atoms with Gasteiger partial charge in [0, 0.05) is 18.4 Å². The molecule has 1 aliphatic rings. The summed E-state index contributed by atoms with van der Waals surface area (Å²) >= 11 is 0. The molecule has 0 amide bonds. The summed E-state index contributed by atoms with van der Waals surface area (Å²) in [6.45, 7) is 1.86. The maximum absolute atomic E-state index is 11.2. The molecule has 2 aromatic rings. The van der Waals surface area contributed by atoms with Gasteiger partial charge in [-0.1, -0.05) is 6.42 Å². The normalized spacial score (nSPS) is 22.8. The Morgan fingerprint density at radius 1 is 1.47 bits per heavy atom. The molecule has 0 aromatic carbocycles. The van der Waals surface area contributed by atoms with Crippen molar-refractivity contribution >= 4 is 17.4 Å². The van der Waals surface area contributed by atoms with Gasteiger partial charge in [-0.15, -0.1) is 10.2 Å². The second-order valence-corrected chi connectivity index (χ2v) is 4.84. The molecule has 0 radical (unpaired) electrons. The van der Waals surface area contributed by atoms with Crippen LogP contribution in [0.15, 0.2) is 12.4 Å². The van der Waals surface area contributed by atoms with Crippen LogP contribution in [0.5, 0.6) is 0 Å². The van der Waals surface area contributed by atoms with Crippen LogP contribution in [0.1, 0.15) is 25.1 Å². The van der Waals surface area contributed by atoms with Crippen LogP contribution in [0.4, 0.5) is 5.82 Å². The summed E-state index contributed by atoms with van der Waals surface area (Å²) in [4.78, 5) is 15.4. The number of nitrogens with one attached hydrogen (secondary N) is 1. The van der Waals surface area contributed by atoms with Gasteiger partial charge in [0.2, 0.25) is 5.65 Å². The third kappa shape index (κ3) is 2.00. The maximum atomic E-state index is 11.2. The number of hydrogen-bond donors (Lipinski definition) is 2. The van der Waals surface area contributed by atoms with Gasteiger partial charge in [-0.2, -0.15) is 0 Å². The summed E-state index contributed by atoms with van der Waals surface area (Å²) in [6, 6.07) is -0.0896. The molecule has 3 rings (SSSR count). The van der Waals surface area contributed by atoms with Gasteiger partial charge in [0.15, 0.2) is 5.82 Å². The van der Waals surface area contributed by atoms with Gasteiger partial charge < -0.3 is 10.4 Å². The van der Waals surface area contributed by atoms with Gasteiger partial charge in [-0.3, -0.25) is 9.20 Å². The zero-order chi connectivity index (χ0) is 13.4. The van der Waals surface area contributed by atoms with E-state index in [0.717, 1.165) is 18.7 Å². The quantitative estimate of drug-likeness (QED) is 0.859. The summed E-state index contributed by atoms with van der Waals surface area (Å²) in [6.07, 6.45) is 5.92. The van der Waals surface area contributed by atoms with Crippen LogP contribution < -0.4 is 5.32 Å². The average molecular weight is 261 g/mol. The van der Waals surface area contributed by atoms with Crippen LogP contribution >= 0.6 is 0 Å². The molecule has 7 heteroatoms. The molecule has 2 aromatic heterocycles. The molecular formula is C12H15N5O2. The van der Waals surface area contributed by atoms with Gasteiger partial charge in [0.25, 0.3) is 0 Å². The van der Waals surface area contributed by atoms with Crippen LogP contribution in [-0.2, 0) is 4.79 Å². The molecule has 100 valence electrons. The lowest BCUT2D eigenvalue weighted by Gasteiger charge is -2.18. The lowest BCUT2D eigenvalue weighted by molar-refractivity contribution is -0.141. The molecule has 1 saturated carbocycles. The number of rotatable bonds is 3. The first kappa shape index (κ1) is 11.9. The third-order valence-electron chi connectivity index (χ3n) is 3.65. The first-order valence-electron chi connectivity index (χ1n) is 6.32. The molecule has 0 aliphatic heterocycles. The average Bonchev–Trinajstić information content (AvgIpc) is 2.98. The van der Waals surface area contributed by atoms with Crippen LogP contribution in [0, 0.1) is 12.8 Å². The van der Waals surface area contributed by atoms with E-state index in [9.17, 15) is 9.90 Å². The first-order valence-corrected chi connectivity index (χ1v) is 6.32. The Hall–Kier alpha value is -2.18. The van der Waals surface area contributed by atoms with E-state index < -0.39 is 5.97 Å². The highest BCUT2D eigenvalue weighted by Crippen LogP contribution is 2.29. The van der Waals surface area contributed by atoms with E-state index in [4.69, 9.17) is 0 Å². The number of nitrogens with zero attached hydrogens (tertiary/aromatic N) is 4. The van der Waals surface area contributed by atoms with Crippen LogP contribution in [0.3, 0.4) is 0 Å². The molecule has 2 N–H and O–H groups in total. The number of carboxylic acids is 1. The molecule has 1 fully saturated rings. The molecule has 0 saturated heterocycles. The number of anilines is 1. The largest absolute Gasteiger partial charge is 0.481 e. The van der Waals surface area contributed by atoms with E-state index in [0.29, 0.717) is 17.9 Å². The lowest BCUT2D eigenvalue weighted by Crippen LogP contribution is -2.30. The maximum Gasteiger partial charge on any atom is 0.308 e. The van der Waals surface area contributed by atoms with E-state index in [1.807, 2.05) is 11.3 Å². The van der Waals surface area contributed by atoms with Crippen molar-refractivity contribution in [2.45, 2.75) is 32.2 Å². The molecule has 2 atom stereocenters. The minimum Gasteiger partial charge on any atom is -0.481 e. The second kappa shape index (κ2) is 4.49. The Morgan fingerprint density at radius 2 is 2.32 bits per heavy atom. The fourth-order valence-corrected chi connectivity index (χ4v) is 2.65. The number of hydrogen-bond acceptors (Lipinski definition) is 5. The fourth-order valence-electron chi connectivity index (χ4n) is 2.65. The van der Waals surface area contributed by atoms with Gasteiger partial charge in [0.05, 0.1) is 5.92 Å². The Morgan fingerprint density at radius 3 is 3.11 bits per heavy atom. The molecule has 19 heavy (non-hydrogen) atoms. The van der Waals surface area contributed by atoms with Crippen LogP contribution in [0.25, 0.3) is 5.65 Å². The van der Waals surface area contributed by atoms with Crippen molar-refractivity contribution in [3.05, 3.63) is 18.2 Å². The zero-order valence-electron chi connectivity index (χ0n) is 10.6. The molecule has 0 bridgehead atoms. The van der Waals surface area contributed by atoms with Crippen molar-refractivity contribution < 1.29 is 9.90 Å². The molecule has 7 nitrogen and oxygen atoms in total. The smallest absolute Gasteiger partial charge is 0.308 e. The van der Waals surface area contributed by atoms with E-state index in [1.54, 1.807) is 12.4 Å². The zero-order valence-corrected chi connectivity index (χ0v) is 10.6. The minimum absolute atomic E-state index is 0.0896. The summed E-state index contributed by atoms with van der Waals surface area (Å²) < 4.78 is 1.83. The monoisotopic (exact) mass is 261 g/mol. The van der Waals surface area contributed by atoms with Crippen molar-refractivity contribution in [1.82, 2.24) is 19.6 Å². The predicted octanol–water partition coefficient (Wildman–Crippen LogP) is 1.10. The lowest BCUT2D eigenvalue weighted by atomic mass is 10.0. The number of aryl methyl sites for hydroxylation is 1. The van der Waals surface area contributed by atoms with Crippen molar-refractivity contribution in [2.24, 2.45) is 5.92 Å². The Balaban J connectivity index is 1.91. The number of carboxylic acid groups (broad SMARTS) is 1. The second-order valence-electron chi connectivity index (χ2n) is 4.84. The molecular weight excluding hydrogens is 246 g/mol. The highest BCUT2D eigenvalue weighted by Gasteiger charge is 2.33. The van der Waals surface area contributed by atoms with Gasteiger partial charge in [0.1, 0.15) is 5.82 Å². The van der Waals surface area contributed by atoms with Gasteiger partial charge >= 0.3 is 5.97 Å². The van der Waals surface area contributed by atoms with E-state index >= 15 is 0 Å². The van der Waals surface area contributed by atoms with E-state index in [1.165, 1.54) is 0 Å². The summed E-state index contributed by atoms with van der Waals surface area (Å²) in [5.74, 6) is 0.272. The van der Waals surface area contributed by atoms with Crippen molar-refractivity contribution in [1.29, 1.82) is 0 Å². The van der Waals surface area contributed by atoms with Crippen LogP contribution in [-0.4, -0.2) is 36.7 Å². The van der Waals surface area contributed by atoms with Crippen molar-refractivity contribution in [3.63, 3.8) is 0 Å². The number of aliphatic carboxylic acids is 1. The summed E-state index contributed by atoms with van der Waals surface area (Å²) in [7, 11) is 0. The highest BCUT2D eigenvalue weighted by molar-refractivity contribution is 5.73. The van der Waals surface area contributed by atoms with E-state index in [-0.39, 0.29) is 12.0 Å². The molecule has 1 aliphatic carbocycles. The van der Waals surface area contributed by atoms with Crippen molar-refractivity contribution in [3.8, 4) is 0 Å².